The maximum atomic E-state index is 12.4. The van der Waals surface area contributed by atoms with E-state index in [4.69, 9.17) is 4.74 Å². The number of hydrogen-bond donors (Lipinski definition) is 1. The molecule has 0 unspecified atom stereocenters. The van der Waals surface area contributed by atoms with Crippen molar-refractivity contribution in [1.29, 1.82) is 0 Å². The van der Waals surface area contributed by atoms with E-state index in [1.54, 1.807) is 7.05 Å². The van der Waals surface area contributed by atoms with E-state index in [0.29, 0.717) is 0 Å². The van der Waals surface area contributed by atoms with Gasteiger partial charge in [0.2, 0.25) is 5.91 Å². The quantitative estimate of drug-likeness (QED) is 0.836. The molecular weight excluding hydrogens is 246 g/mol. The molecule has 1 aliphatic heterocycles. The number of carbonyl (C=O) groups excluding carboxylic acids is 1. The zero-order valence-electron chi connectivity index (χ0n) is 11.3. The van der Waals surface area contributed by atoms with E-state index in [0.717, 1.165) is 16.8 Å². The number of aryl methyl sites for hydroxylation is 2. The van der Waals surface area contributed by atoms with Crippen LogP contribution in [0.25, 0.3) is 0 Å². The Bertz CT molecular complexity index is 534. The Morgan fingerprint density at radius 1 is 1.32 bits per heavy atom. The molecule has 0 atom stereocenters. The summed E-state index contributed by atoms with van der Waals surface area (Å²) in [5.74, 6) is -1.56. The number of ether oxygens (including phenoxy) is 1. The zero-order valence-corrected chi connectivity index (χ0v) is 11.3. The van der Waals surface area contributed by atoms with Crippen molar-refractivity contribution >= 4 is 17.6 Å². The van der Waals surface area contributed by atoms with Crippen molar-refractivity contribution in [1.82, 2.24) is 0 Å². The van der Waals surface area contributed by atoms with Crippen molar-refractivity contribution in [2.24, 2.45) is 5.41 Å². The lowest BCUT2D eigenvalue weighted by Gasteiger charge is -2.38. The average Bonchev–Trinajstić information content (AvgIpc) is 2.25. The van der Waals surface area contributed by atoms with Crippen LogP contribution in [-0.4, -0.2) is 37.2 Å². The summed E-state index contributed by atoms with van der Waals surface area (Å²) in [5, 5.41) is 9.24. The molecule has 102 valence electrons. The summed E-state index contributed by atoms with van der Waals surface area (Å²) in [6, 6.07) is 5.69. The molecular formula is C14H17NO4. The van der Waals surface area contributed by atoms with Crippen LogP contribution in [0.3, 0.4) is 0 Å². The summed E-state index contributed by atoms with van der Waals surface area (Å²) in [6.07, 6.45) is 0. The van der Waals surface area contributed by atoms with Crippen molar-refractivity contribution in [3.05, 3.63) is 29.3 Å². The second kappa shape index (κ2) is 4.66. The minimum atomic E-state index is -1.42. The van der Waals surface area contributed by atoms with E-state index in [9.17, 15) is 14.7 Å². The first-order chi connectivity index (χ1) is 8.88. The van der Waals surface area contributed by atoms with Crippen molar-refractivity contribution < 1.29 is 19.4 Å². The number of carboxylic acids is 1. The van der Waals surface area contributed by atoms with Crippen LogP contribution in [0.15, 0.2) is 18.2 Å². The highest BCUT2D eigenvalue weighted by Crippen LogP contribution is 2.32. The standard InChI is InChI=1S/C14H17NO4/c1-9-4-5-11(10(2)6-9)15(3)12(16)14(13(17)18)7-19-8-14/h4-6H,7-8H2,1-3H3,(H,17,18). The van der Waals surface area contributed by atoms with Gasteiger partial charge in [-0.25, -0.2) is 0 Å². The van der Waals surface area contributed by atoms with Crippen molar-refractivity contribution in [2.45, 2.75) is 13.8 Å². The summed E-state index contributed by atoms with van der Waals surface area (Å²) >= 11 is 0. The predicted molar refractivity (Wildman–Crippen MR) is 70.2 cm³/mol. The molecule has 1 heterocycles. The molecule has 1 fully saturated rings. The maximum Gasteiger partial charge on any atom is 0.324 e. The molecule has 0 saturated carbocycles. The second-order valence-electron chi connectivity index (χ2n) is 5.03. The number of rotatable bonds is 3. The van der Waals surface area contributed by atoms with Gasteiger partial charge in [-0.3, -0.25) is 9.59 Å². The Morgan fingerprint density at radius 3 is 2.37 bits per heavy atom. The van der Waals surface area contributed by atoms with Crippen molar-refractivity contribution in [2.75, 3.05) is 25.2 Å². The highest BCUT2D eigenvalue weighted by molar-refractivity contribution is 6.10. The van der Waals surface area contributed by atoms with E-state index in [2.05, 4.69) is 0 Å². The third-order valence-electron chi connectivity index (χ3n) is 3.53. The molecule has 1 N–H and O–H groups in total. The molecule has 1 aromatic carbocycles. The summed E-state index contributed by atoms with van der Waals surface area (Å²) in [7, 11) is 1.60. The molecule has 5 nitrogen and oxygen atoms in total. The smallest absolute Gasteiger partial charge is 0.324 e. The zero-order chi connectivity index (χ0) is 14.2. The fourth-order valence-electron chi connectivity index (χ4n) is 2.26. The number of amides is 1. The third kappa shape index (κ3) is 2.10. The Labute approximate surface area is 111 Å². The summed E-state index contributed by atoms with van der Waals surface area (Å²) in [6.45, 7) is 3.75. The highest BCUT2D eigenvalue weighted by atomic mass is 16.5. The number of aliphatic carboxylic acids is 1. The molecule has 1 saturated heterocycles. The van der Waals surface area contributed by atoms with Gasteiger partial charge in [0.05, 0.1) is 13.2 Å². The van der Waals surface area contributed by atoms with Gasteiger partial charge in [-0.05, 0) is 25.5 Å². The second-order valence-corrected chi connectivity index (χ2v) is 5.03. The molecule has 19 heavy (non-hydrogen) atoms. The van der Waals surface area contributed by atoms with Gasteiger partial charge in [-0.2, -0.15) is 0 Å². The van der Waals surface area contributed by atoms with Crippen LogP contribution >= 0.6 is 0 Å². The van der Waals surface area contributed by atoms with Crippen molar-refractivity contribution in [3.8, 4) is 0 Å². The van der Waals surface area contributed by atoms with E-state index in [1.807, 2.05) is 32.0 Å². The predicted octanol–water partition coefficient (Wildman–Crippen LogP) is 1.37. The van der Waals surface area contributed by atoms with Gasteiger partial charge in [-0.1, -0.05) is 17.7 Å². The molecule has 0 aromatic heterocycles. The molecule has 1 amide bonds. The molecule has 1 aliphatic rings. The van der Waals surface area contributed by atoms with Crippen LogP contribution in [0.5, 0.6) is 0 Å². The molecule has 0 bridgehead atoms. The molecule has 0 aliphatic carbocycles. The SMILES string of the molecule is Cc1ccc(N(C)C(=O)C2(C(=O)O)COC2)c(C)c1. The van der Waals surface area contributed by atoms with E-state index in [-0.39, 0.29) is 13.2 Å². The molecule has 1 aromatic rings. The summed E-state index contributed by atoms with van der Waals surface area (Å²) in [5.41, 5.74) is 1.34. The molecule has 0 spiro atoms. The molecule has 5 heteroatoms. The topological polar surface area (TPSA) is 66.8 Å². The minimum absolute atomic E-state index is 0.0591. The van der Waals surface area contributed by atoms with E-state index >= 15 is 0 Å². The first-order valence-electron chi connectivity index (χ1n) is 6.05. The van der Waals surface area contributed by atoms with Crippen molar-refractivity contribution in [3.63, 3.8) is 0 Å². The van der Waals surface area contributed by atoms with Crippen LogP contribution in [0.1, 0.15) is 11.1 Å². The fourth-order valence-corrected chi connectivity index (χ4v) is 2.26. The van der Waals surface area contributed by atoms with Crippen LogP contribution in [-0.2, 0) is 14.3 Å². The van der Waals surface area contributed by atoms with Gasteiger partial charge in [-0.15, -0.1) is 0 Å². The number of carboxylic acid groups (broad SMARTS) is 1. The van der Waals surface area contributed by atoms with Crippen LogP contribution in [0.4, 0.5) is 5.69 Å². The number of hydrogen-bond acceptors (Lipinski definition) is 3. The van der Waals surface area contributed by atoms with Crippen LogP contribution in [0, 0.1) is 19.3 Å². The Kier molecular flexibility index (Phi) is 3.32. The van der Waals surface area contributed by atoms with E-state index < -0.39 is 17.3 Å². The monoisotopic (exact) mass is 263 g/mol. The first-order valence-corrected chi connectivity index (χ1v) is 6.05. The lowest BCUT2D eigenvalue weighted by Crippen LogP contribution is -2.59. The van der Waals surface area contributed by atoms with Gasteiger partial charge in [0.25, 0.3) is 0 Å². The Balaban J connectivity index is 2.31. The van der Waals surface area contributed by atoms with Gasteiger partial charge in [0, 0.05) is 12.7 Å². The first kappa shape index (κ1) is 13.5. The molecule has 0 radical (unpaired) electrons. The number of benzene rings is 1. The minimum Gasteiger partial charge on any atom is -0.480 e. The van der Waals surface area contributed by atoms with Gasteiger partial charge in [0.1, 0.15) is 0 Å². The Morgan fingerprint density at radius 2 is 1.95 bits per heavy atom. The Hall–Kier alpha value is -1.88. The number of nitrogens with zero attached hydrogens (tertiary/aromatic N) is 1. The highest BCUT2D eigenvalue weighted by Gasteiger charge is 2.54. The maximum absolute atomic E-state index is 12.4. The molecule has 2 rings (SSSR count). The van der Waals surface area contributed by atoms with E-state index in [1.165, 1.54) is 4.90 Å². The van der Waals surface area contributed by atoms with Gasteiger partial charge < -0.3 is 14.7 Å². The lowest BCUT2D eigenvalue weighted by molar-refractivity contribution is -0.183. The lowest BCUT2D eigenvalue weighted by atomic mass is 9.84. The van der Waals surface area contributed by atoms with Crippen LogP contribution < -0.4 is 4.90 Å². The fraction of sp³-hybridized carbons (Fsp3) is 0.429. The largest absolute Gasteiger partial charge is 0.480 e. The van der Waals surface area contributed by atoms with Gasteiger partial charge >= 0.3 is 5.97 Å². The summed E-state index contributed by atoms with van der Waals surface area (Å²) in [4.78, 5) is 25.1. The van der Waals surface area contributed by atoms with Crippen LogP contribution in [0.2, 0.25) is 0 Å². The normalized spacial score (nSPS) is 16.6. The third-order valence-corrected chi connectivity index (χ3v) is 3.53. The summed E-state index contributed by atoms with van der Waals surface area (Å²) < 4.78 is 4.93. The number of anilines is 1. The average molecular weight is 263 g/mol. The number of carbonyl (C=O) groups is 2. The van der Waals surface area contributed by atoms with Gasteiger partial charge in [0.15, 0.2) is 5.41 Å².